The maximum atomic E-state index is 12.7. The van der Waals surface area contributed by atoms with Crippen LogP contribution in [-0.4, -0.2) is 19.5 Å². The lowest BCUT2D eigenvalue weighted by atomic mass is 10.2. The molecule has 1 N–H and O–H groups in total. The number of rotatable bonds is 3. The van der Waals surface area contributed by atoms with Crippen LogP contribution in [0.1, 0.15) is 11.4 Å². The van der Waals surface area contributed by atoms with Crippen LogP contribution in [0.15, 0.2) is 35.7 Å². The van der Waals surface area contributed by atoms with Gasteiger partial charge < -0.3 is 9.55 Å². The molecule has 21 heavy (non-hydrogen) atoms. The number of aromatic amines is 1. The van der Waals surface area contributed by atoms with E-state index in [0.717, 1.165) is 18.0 Å². The standard InChI is InChI=1S/C13H11F3N4S/c1-20-5-4-17-11(20)7-21-12-18-9-3-2-8(13(14,15)16)6-10(9)19-12/h2-6H,7H2,1H3,(H,18,19). The first kappa shape index (κ1) is 14.0. The molecule has 0 bridgehead atoms. The highest BCUT2D eigenvalue weighted by atomic mass is 32.2. The van der Waals surface area contributed by atoms with E-state index in [-0.39, 0.29) is 0 Å². The van der Waals surface area contributed by atoms with Gasteiger partial charge in [-0.05, 0) is 18.2 Å². The van der Waals surface area contributed by atoms with Crippen LogP contribution in [0.2, 0.25) is 0 Å². The van der Waals surface area contributed by atoms with Gasteiger partial charge in [-0.1, -0.05) is 11.8 Å². The van der Waals surface area contributed by atoms with Gasteiger partial charge in [-0.2, -0.15) is 13.2 Å². The van der Waals surface area contributed by atoms with Crippen LogP contribution in [0.4, 0.5) is 13.2 Å². The molecule has 0 aliphatic rings. The smallest absolute Gasteiger partial charge is 0.337 e. The molecule has 0 saturated carbocycles. The van der Waals surface area contributed by atoms with Crippen molar-refractivity contribution in [2.75, 3.05) is 0 Å². The fourth-order valence-corrected chi connectivity index (χ4v) is 2.79. The number of nitrogens with zero attached hydrogens (tertiary/aromatic N) is 3. The minimum Gasteiger partial charge on any atom is -0.337 e. The number of H-pyrrole nitrogens is 1. The van der Waals surface area contributed by atoms with Gasteiger partial charge in [0.15, 0.2) is 5.16 Å². The molecule has 0 aliphatic heterocycles. The van der Waals surface area contributed by atoms with Crippen molar-refractivity contribution in [3.8, 4) is 0 Å². The first-order chi connectivity index (χ1) is 9.93. The minimum absolute atomic E-state index is 0.382. The van der Waals surface area contributed by atoms with Gasteiger partial charge in [0.2, 0.25) is 0 Å². The number of alkyl halides is 3. The van der Waals surface area contributed by atoms with E-state index < -0.39 is 11.7 Å². The molecule has 3 aromatic rings. The van der Waals surface area contributed by atoms with Crippen molar-refractivity contribution in [3.63, 3.8) is 0 Å². The highest BCUT2D eigenvalue weighted by Crippen LogP contribution is 2.31. The number of thioether (sulfide) groups is 1. The van der Waals surface area contributed by atoms with Gasteiger partial charge in [0.05, 0.1) is 22.3 Å². The Morgan fingerprint density at radius 3 is 2.81 bits per heavy atom. The average molecular weight is 312 g/mol. The summed E-state index contributed by atoms with van der Waals surface area (Å²) in [5.41, 5.74) is 0.219. The second-order valence-electron chi connectivity index (χ2n) is 4.51. The Morgan fingerprint density at radius 1 is 1.33 bits per heavy atom. The Bertz CT molecular complexity index is 775. The Kier molecular flexibility index (Phi) is 3.40. The molecule has 0 aliphatic carbocycles. The van der Waals surface area contributed by atoms with E-state index in [4.69, 9.17) is 0 Å². The molecule has 1 aromatic carbocycles. The molecule has 0 amide bonds. The molecule has 3 rings (SSSR count). The summed E-state index contributed by atoms with van der Waals surface area (Å²) in [5, 5.41) is 0.576. The number of hydrogen-bond donors (Lipinski definition) is 1. The van der Waals surface area contributed by atoms with Gasteiger partial charge >= 0.3 is 6.18 Å². The summed E-state index contributed by atoms with van der Waals surface area (Å²) >= 11 is 1.40. The number of nitrogens with one attached hydrogen (secondary N) is 1. The molecule has 2 aromatic heterocycles. The fourth-order valence-electron chi connectivity index (χ4n) is 1.90. The van der Waals surface area contributed by atoms with Gasteiger partial charge in [0, 0.05) is 19.4 Å². The van der Waals surface area contributed by atoms with Crippen molar-refractivity contribution in [2.24, 2.45) is 7.05 Å². The van der Waals surface area contributed by atoms with Crippen molar-refractivity contribution < 1.29 is 13.2 Å². The predicted octanol–water partition coefficient (Wildman–Crippen LogP) is 3.61. The van der Waals surface area contributed by atoms with E-state index in [1.165, 1.54) is 17.8 Å². The number of aryl methyl sites for hydroxylation is 1. The Labute approximate surface area is 122 Å². The molecule has 4 nitrogen and oxygen atoms in total. The van der Waals surface area contributed by atoms with Gasteiger partial charge in [-0.3, -0.25) is 0 Å². The van der Waals surface area contributed by atoms with Crippen molar-refractivity contribution in [1.29, 1.82) is 0 Å². The maximum Gasteiger partial charge on any atom is 0.416 e. The Balaban J connectivity index is 1.82. The lowest BCUT2D eigenvalue weighted by Gasteiger charge is -2.05. The van der Waals surface area contributed by atoms with E-state index in [1.54, 1.807) is 6.20 Å². The van der Waals surface area contributed by atoms with E-state index in [0.29, 0.717) is 21.9 Å². The molecule has 0 saturated heterocycles. The Morgan fingerprint density at radius 2 is 2.14 bits per heavy atom. The van der Waals surface area contributed by atoms with Crippen LogP contribution >= 0.6 is 11.8 Å². The summed E-state index contributed by atoms with van der Waals surface area (Å²) in [6.07, 6.45) is -0.812. The third-order valence-corrected chi connectivity index (χ3v) is 3.92. The molecule has 8 heteroatoms. The summed E-state index contributed by atoms with van der Waals surface area (Å²) in [6.45, 7) is 0. The van der Waals surface area contributed by atoms with Gasteiger partial charge in [-0.25, -0.2) is 9.97 Å². The summed E-state index contributed by atoms with van der Waals surface area (Å²) in [4.78, 5) is 11.4. The van der Waals surface area contributed by atoms with Crippen LogP contribution in [0.5, 0.6) is 0 Å². The molecule has 0 spiro atoms. The number of aromatic nitrogens is 4. The zero-order valence-electron chi connectivity index (χ0n) is 11.0. The van der Waals surface area contributed by atoms with Crippen LogP contribution in [-0.2, 0) is 19.0 Å². The minimum atomic E-state index is -4.35. The van der Waals surface area contributed by atoms with E-state index in [1.807, 2.05) is 17.8 Å². The Hall–Kier alpha value is -1.96. The SMILES string of the molecule is Cn1ccnc1CSc1nc2ccc(C(F)(F)F)cc2[nH]1. The second-order valence-corrected chi connectivity index (χ2v) is 5.48. The topological polar surface area (TPSA) is 46.5 Å². The lowest BCUT2D eigenvalue weighted by molar-refractivity contribution is -0.137. The molecule has 110 valence electrons. The van der Waals surface area contributed by atoms with Crippen LogP contribution in [0.25, 0.3) is 11.0 Å². The molecule has 0 fully saturated rings. The zero-order chi connectivity index (χ0) is 15.0. The van der Waals surface area contributed by atoms with Crippen molar-refractivity contribution in [3.05, 3.63) is 42.0 Å². The molecule has 2 heterocycles. The zero-order valence-corrected chi connectivity index (χ0v) is 11.8. The van der Waals surface area contributed by atoms with Crippen LogP contribution in [0, 0.1) is 0 Å². The van der Waals surface area contributed by atoms with Crippen LogP contribution < -0.4 is 0 Å². The fraction of sp³-hybridized carbons (Fsp3) is 0.231. The number of hydrogen-bond acceptors (Lipinski definition) is 3. The average Bonchev–Trinajstić information content (AvgIpc) is 2.99. The largest absolute Gasteiger partial charge is 0.416 e. The van der Waals surface area contributed by atoms with Crippen molar-refractivity contribution in [2.45, 2.75) is 17.1 Å². The number of imidazole rings is 2. The molecular formula is C13H11F3N4S. The monoisotopic (exact) mass is 312 g/mol. The van der Waals surface area contributed by atoms with Crippen molar-refractivity contribution >= 4 is 22.8 Å². The summed E-state index contributed by atoms with van der Waals surface area (Å²) < 4.78 is 39.8. The summed E-state index contributed by atoms with van der Waals surface area (Å²) in [5.74, 6) is 1.46. The third kappa shape index (κ3) is 2.90. The quantitative estimate of drug-likeness (QED) is 0.752. The molecule has 0 atom stereocenters. The summed E-state index contributed by atoms with van der Waals surface area (Å²) in [7, 11) is 1.89. The maximum absolute atomic E-state index is 12.7. The third-order valence-electron chi connectivity index (χ3n) is 3.05. The lowest BCUT2D eigenvalue weighted by Crippen LogP contribution is -2.04. The molecule has 0 unspecified atom stereocenters. The van der Waals surface area contributed by atoms with Crippen molar-refractivity contribution in [1.82, 2.24) is 19.5 Å². The molecular weight excluding hydrogens is 301 g/mol. The first-order valence-electron chi connectivity index (χ1n) is 6.09. The van der Waals surface area contributed by atoms with E-state index >= 15 is 0 Å². The summed E-state index contributed by atoms with van der Waals surface area (Å²) in [6, 6.07) is 3.49. The highest BCUT2D eigenvalue weighted by molar-refractivity contribution is 7.98. The van der Waals surface area contributed by atoms with Gasteiger partial charge in [0.25, 0.3) is 0 Å². The van der Waals surface area contributed by atoms with Gasteiger partial charge in [-0.15, -0.1) is 0 Å². The highest BCUT2D eigenvalue weighted by Gasteiger charge is 2.30. The van der Waals surface area contributed by atoms with Gasteiger partial charge in [0.1, 0.15) is 5.82 Å². The normalized spacial score (nSPS) is 12.2. The van der Waals surface area contributed by atoms with E-state index in [2.05, 4.69) is 15.0 Å². The number of halogens is 3. The second kappa shape index (κ2) is 5.10. The molecule has 0 radical (unpaired) electrons. The first-order valence-corrected chi connectivity index (χ1v) is 7.08. The number of benzene rings is 1. The van der Waals surface area contributed by atoms with E-state index in [9.17, 15) is 13.2 Å². The van der Waals surface area contributed by atoms with Crippen LogP contribution in [0.3, 0.4) is 0 Å². The predicted molar refractivity (Wildman–Crippen MR) is 73.9 cm³/mol. The number of fused-ring (bicyclic) bond motifs is 1.